The monoisotopic (exact) mass is 362 g/mol. The number of carboxylic acid groups (broad SMARTS) is 1. The predicted molar refractivity (Wildman–Crippen MR) is 85.6 cm³/mol. The predicted octanol–water partition coefficient (Wildman–Crippen LogP) is 0.286. The Kier molecular flexibility index (Phi) is 2.78. The first-order chi connectivity index (χ1) is 12.1. The highest BCUT2D eigenvalue weighted by Crippen LogP contribution is 2.77. The van der Waals surface area contributed by atoms with Gasteiger partial charge >= 0.3 is 11.9 Å². The van der Waals surface area contributed by atoms with Gasteiger partial charge < -0.3 is 20.1 Å². The van der Waals surface area contributed by atoms with E-state index in [4.69, 9.17) is 4.74 Å². The highest BCUT2D eigenvalue weighted by atomic mass is 16.6. The normalized spacial score (nSPS) is 57.0. The van der Waals surface area contributed by atoms with Crippen LogP contribution in [0.4, 0.5) is 0 Å². The fourth-order valence-electron chi connectivity index (χ4n) is 7.43. The number of aliphatic carboxylic acids is 1. The van der Waals surface area contributed by atoms with Crippen molar-refractivity contribution in [2.45, 2.75) is 50.4 Å². The Morgan fingerprint density at radius 2 is 2.00 bits per heavy atom. The highest BCUT2D eigenvalue weighted by Gasteiger charge is 2.86. The van der Waals surface area contributed by atoms with Crippen molar-refractivity contribution in [3.05, 3.63) is 12.2 Å². The van der Waals surface area contributed by atoms with E-state index in [2.05, 4.69) is 6.58 Å². The zero-order valence-electron chi connectivity index (χ0n) is 14.5. The smallest absolute Gasteiger partial charge is 0.320 e. The summed E-state index contributed by atoms with van der Waals surface area (Å²) in [6.45, 7) is 5.52. The molecule has 0 unspecified atom stereocenters. The van der Waals surface area contributed by atoms with Gasteiger partial charge in [-0.1, -0.05) is 12.2 Å². The van der Waals surface area contributed by atoms with Gasteiger partial charge in [-0.3, -0.25) is 14.4 Å². The molecule has 1 heterocycles. The number of carbonyl (C=O) groups is 3. The van der Waals surface area contributed by atoms with Crippen LogP contribution in [-0.2, 0) is 19.1 Å². The van der Waals surface area contributed by atoms with Crippen LogP contribution in [-0.4, -0.2) is 50.9 Å². The lowest BCUT2D eigenvalue weighted by Crippen LogP contribution is -2.59. The van der Waals surface area contributed by atoms with Gasteiger partial charge in [-0.25, -0.2) is 0 Å². The second-order valence-electron chi connectivity index (χ2n) is 9.12. The average Bonchev–Trinajstić information content (AvgIpc) is 3.05. The number of aliphatic hydroxyl groups excluding tert-OH is 2. The first kappa shape index (κ1) is 16.4. The molecule has 0 radical (unpaired) electrons. The lowest BCUT2D eigenvalue weighted by molar-refractivity contribution is -0.179. The first-order valence-electron chi connectivity index (χ1n) is 9.14. The molecular formula is C19H22O7. The zero-order chi connectivity index (χ0) is 18.8. The molecule has 4 saturated carbocycles. The van der Waals surface area contributed by atoms with Gasteiger partial charge in [0.1, 0.15) is 17.1 Å². The van der Waals surface area contributed by atoms with Crippen LogP contribution in [0.15, 0.2) is 12.2 Å². The van der Waals surface area contributed by atoms with Crippen LogP contribution in [0.1, 0.15) is 32.6 Å². The number of hydrogen-bond donors (Lipinski definition) is 3. The van der Waals surface area contributed by atoms with Gasteiger partial charge in [0.05, 0.1) is 12.0 Å². The summed E-state index contributed by atoms with van der Waals surface area (Å²) < 4.78 is 5.75. The highest BCUT2D eigenvalue weighted by molar-refractivity contribution is 6.08. The van der Waals surface area contributed by atoms with Crippen LogP contribution in [0.25, 0.3) is 0 Å². The van der Waals surface area contributed by atoms with Crippen LogP contribution in [0.5, 0.6) is 0 Å². The Morgan fingerprint density at radius 1 is 1.31 bits per heavy atom. The van der Waals surface area contributed by atoms with Gasteiger partial charge in [0.15, 0.2) is 5.78 Å². The number of ketones is 1. The summed E-state index contributed by atoms with van der Waals surface area (Å²) in [7, 11) is 0. The molecule has 7 heteroatoms. The molecule has 5 rings (SSSR count). The van der Waals surface area contributed by atoms with Gasteiger partial charge in [-0.05, 0) is 31.6 Å². The number of aliphatic hydroxyl groups is 2. The second kappa shape index (κ2) is 4.39. The Balaban J connectivity index is 1.80. The molecule has 0 aromatic rings. The molecule has 26 heavy (non-hydrogen) atoms. The van der Waals surface area contributed by atoms with Crippen molar-refractivity contribution in [3.8, 4) is 0 Å². The van der Waals surface area contributed by atoms with Gasteiger partial charge in [0.25, 0.3) is 0 Å². The maximum atomic E-state index is 12.7. The summed E-state index contributed by atoms with van der Waals surface area (Å²) >= 11 is 0. The summed E-state index contributed by atoms with van der Waals surface area (Å²) in [6, 6.07) is 0. The molecule has 0 aromatic carbocycles. The Hall–Kier alpha value is -1.73. The minimum absolute atomic E-state index is 0.181. The molecule has 1 spiro atoms. The van der Waals surface area contributed by atoms with Gasteiger partial charge in [0.2, 0.25) is 0 Å². The van der Waals surface area contributed by atoms with Crippen LogP contribution in [0.3, 0.4) is 0 Å². The van der Waals surface area contributed by atoms with Crippen molar-refractivity contribution in [3.63, 3.8) is 0 Å². The molecule has 1 aliphatic heterocycles. The van der Waals surface area contributed by atoms with E-state index in [1.54, 1.807) is 0 Å². The van der Waals surface area contributed by atoms with Crippen molar-refractivity contribution >= 4 is 17.7 Å². The third-order valence-electron chi connectivity index (χ3n) is 8.36. The Morgan fingerprint density at radius 3 is 2.65 bits per heavy atom. The maximum absolute atomic E-state index is 12.7. The molecule has 0 aromatic heterocycles. The molecule has 3 N–H and O–H groups in total. The molecular weight excluding hydrogens is 340 g/mol. The molecule has 140 valence electrons. The minimum atomic E-state index is -1.56. The van der Waals surface area contributed by atoms with E-state index in [0.717, 1.165) is 5.57 Å². The van der Waals surface area contributed by atoms with Crippen LogP contribution < -0.4 is 0 Å². The number of Topliss-reactive ketones (excluding diaryl/α,β-unsaturated/α-hetero) is 1. The number of carbonyl (C=O) groups excluding carboxylic acids is 2. The first-order valence-corrected chi connectivity index (χ1v) is 9.14. The molecule has 1 saturated heterocycles. The number of hydrogen-bond acceptors (Lipinski definition) is 6. The molecule has 5 aliphatic rings. The standard InChI is InChI=1S/C19H22O7/c1-7-5-18-6-8(7)9(20)3-10(18)19-12(22)4-11(21)17(2,16(25)26-19)14(19)13(18)15(23)24/h8-10,12-14,20,22H,1,3-6H2,2H3,(H,23,24)/t8-,9+,10+,12-,13-,14-,17-,18+,19+/m1/s1. The number of rotatable bonds is 1. The van der Waals surface area contributed by atoms with E-state index in [1.165, 1.54) is 6.92 Å². The van der Waals surface area contributed by atoms with Crippen LogP contribution in [0.2, 0.25) is 0 Å². The number of ether oxygens (including phenoxy) is 1. The van der Waals surface area contributed by atoms with E-state index >= 15 is 0 Å². The van der Waals surface area contributed by atoms with Crippen molar-refractivity contribution in [1.82, 2.24) is 0 Å². The van der Waals surface area contributed by atoms with Gasteiger partial charge in [-0.15, -0.1) is 0 Å². The summed E-state index contributed by atoms with van der Waals surface area (Å²) in [5.41, 5.74) is -2.90. The largest absolute Gasteiger partial charge is 0.481 e. The minimum Gasteiger partial charge on any atom is -0.481 e. The fraction of sp³-hybridized carbons (Fsp3) is 0.737. The lowest BCUT2D eigenvalue weighted by atomic mass is 9.58. The van der Waals surface area contributed by atoms with E-state index in [1.807, 2.05) is 0 Å². The molecule has 0 amide bonds. The Bertz CT molecular complexity index is 789. The average molecular weight is 362 g/mol. The third kappa shape index (κ3) is 1.39. The Labute approximate surface area is 150 Å². The third-order valence-corrected chi connectivity index (χ3v) is 8.36. The van der Waals surface area contributed by atoms with E-state index < -0.39 is 64.1 Å². The quantitative estimate of drug-likeness (QED) is 0.348. The summed E-state index contributed by atoms with van der Waals surface area (Å²) in [4.78, 5) is 37.8. The zero-order valence-corrected chi connectivity index (χ0v) is 14.5. The van der Waals surface area contributed by atoms with Crippen molar-refractivity contribution < 1.29 is 34.4 Å². The van der Waals surface area contributed by atoms with Crippen molar-refractivity contribution in [2.24, 2.45) is 34.5 Å². The van der Waals surface area contributed by atoms with E-state index in [0.29, 0.717) is 12.8 Å². The van der Waals surface area contributed by atoms with Gasteiger partial charge in [-0.2, -0.15) is 0 Å². The maximum Gasteiger partial charge on any atom is 0.320 e. The van der Waals surface area contributed by atoms with Crippen LogP contribution in [0, 0.1) is 34.5 Å². The molecule has 9 atom stereocenters. The molecule has 4 bridgehead atoms. The second-order valence-corrected chi connectivity index (χ2v) is 9.12. The lowest BCUT2D eigenvalue weighted by Gasteiger charge is -2.46. The van der Waals surface area contributed by atoms with Crippen LogP contribution >= 0.6 is 0 Å². The number of fused-ring (bicyclic) bond motifs is 1. The molecule has 7 nitrogen and oxygen atoms in total. The van der Waals surface area contributed by atoms with E-state index in [-0.39, 0.29) is 18.8 Å². The van der Waals surface area contributed by atoms with Crippen molar-refractivity contribution in [2.75, 3.05) is 0 Å². The number of carboxylic acids is 1. The summed E-state index contributed by atoms with van der Waals surface area (Å²) in [5.74, 6) is -4.85. The van der Waals surface area contributed by atoms with Gasteiger partial charge in [0, 0.05) is 24.2 Å². The topological polar surface area (TPSA) is 121 Å². The number of esters is 1. The molecule has 5 fully saturated rings. The summed E-state index contributed by atoms with van der Waals surface area (Å²) in [5, 5.41) is 31.6. The molecule has 4 aliphatic carbocycles. The SMILES string of the molecule is C=C1C[C@]23C[C@H]1[C@@H](O)C[C@@H]2[C@]12OC(=O)[C@](C)(C(=O)C[C@H]1O)[C@H]2[C@@H]3C(=O)O. The fourth-order valence-corrected chi connectivity index (χ4v) is 7.43. The van der Waals surface area contributed by atoms with E-state index in [9.17, 15) is 29.7 Å². The summed E-state index contributed by atoms with van der Waals surface area (Å²) in [6.07, 6.45) is -1.06. The van der Waals surface area contributed by atoms with Crippen molar-refractivity contribution in [1.29, 1.82) is 0 Å².